The van der Waals surface area contributed by atoms with Crippen LogP contribution in [0.15, 0.2) is 41.3 Å². The first-order valence-corrected chi connectivity index (χ1v) is 9.04. The van der Waals surface area contributed by atoms with Gasteiger partial charge in [0, 0.05) is 21.3 Å². The average molecular weight is 386 g/mol. The maximum Gasteiger partial charge on any atom is 0.262 e. The molecule has 0 saturated carbocycles. The van der Waals surface area contributed by atoms with Gasteiger partial charge in [-0.3, -0.25) is 0 Å². The van der Waals surface area contributed by atoms with E-state index >= 15 is 0 Å². The highest BCUT2D eigenvalue weighted by molar-refractivity contribution is 8.13. The summed E-state index contributed by atoms with van der Waals surface area (Å²) in [7, 11) is 1.29. The lowest BCUT2D eigenvalue weighted by atomic mass is 10.2. The molecule has 0 aliphatic rings. The van der Waals surface area contributed by atoms with Gasteiger partial charge in [0.25, 0.3) is 9.05 Å². The van der Waals surface area contributed by atoms with Crippen LogP contribution < -0.4 is 4.74 Å². The Morgan fingerprint density at radius 2 is 1.62 bits per heavy atom. The summed E-state index contributed by atoms with van der Waals surface area (Å²) in [4.78, 5) is -0.263. The first-order chi connectivity index (χ1) is 9.80. The van der Waals surface area contributed by atoms with Crippen LogP contribution in [0.5, 0.6) is 5.75 Å². The minimum atomic E-state index is -3.97. The lowest BCUT2D eigenvalue weighted by molar-refractivity contribution is 0.306. The fourth-order valence-corrected chi connectivity index (χ4v) is 3.56. The van der Waals surface area contributed by atoms with Crippen molar-refractivity contribution in [2.75, 3.05) is 0 Å². The van der Waals surface area contributed by atoms with Crippen LogP contribution in [0, 0.1) is 0 Å². The first-order valence-electron chi connectivity index (χ1n) is 5.59. The zero-order chi connectivity index (χ0) is 15.6. The molecule has 0 aromatic heterocycles. The molecule has 0 heterocycles. The monoisotopic (exact) mass is 384 g/mol. The molecule has 0 bridgehead atoms. The van der Waals surface area contributed by atoms with Crippen molar-refractivity contribution in [2.24, 2.45) is 0 Å². The Bertz CT molecular complexity index is 775. The number of benzene rings is 2. The quantitative estimate of drug-likeness (QED) is 0.683. The summed E-state index contributed by atoms with van der Waals surface area (Å²) in [5.41, 5.74) is 0.764. The van der Waals surface area contributed by atoms with Crippen LogP contribution in [0.25, 0.3) is 0 Å². The van der Waals surface area contributed by atoms with Crippen molar-refractivity contribution in [3.63, 3.8) is 0 Å². The van der Waals surface area contributed by atoms with E-state index in [1.165, 1.54) is 12.1 Å². The standard InChI is InChI=1S/C13H8Cl4O3S/c14-9-4-2-1-3-8(9)7-20-10-5-6-11(21(17,18)19)13(16)12(10)15/h1-6H,7H2. The summed E-state index contributed by atoms with van der Waals surface area (Å²) in [5, 5.41) is 0.355. The molecule has 2 rings (SSSR count). The van der Waals surface area contributed by atoms with Crippen LogP contribution in [0.3, 0.4) is 0 Å². The van der Waals surface area contributed by atoms with Crippen molar-refractivity contribution < 1.29 is 13.2 Å². The number of ether oxygens (including phenoxy) is 1. The molecule has 0 aliphatic heterocycles. The molecule has 3 nitrogen and oxygen atoms in total. The molecule has 0 spiro atoms. The Morgan fingerprint density at radius 3 is 2.24 bits per heavy atom. The van der Waals surface area contributed by atoms with Crippen LogP contribution in [-0.2, 0) is 15.7 Å². The van der Waals surface area contributed by atoms with E-state index in [0.29, 0.717) is 5.02 Å². The van der Waals surface area contributed by atoms with Gasteiger partial charge in [-0.2, -0.15) is 0 Å². The molecule has 21 heavy (non-hydrogen) atoms. The number of rotatable bonds is 4. The minimum Gasteiger partial charge on any atom is -0.487 e. The maximum absolute atomic E-state index is 11.3. The lowest BCUT2D eigenvalue weighted by Gasteiger charge is -2.11. The predicted molar refractivity (Wildman–Crippen MR) is 85.3 cm³/mol. The van der Waals surface area contributed by atoms with Crippen molar-refractivity contribution in [2.45, 2.75) is 11.5 Å². The van der Waals surface area contributed by atoms with E-state index in [0.717, 1.165) is 5.56 Å². The molecule has 0 atom stereocenters. The number of hydrogen-bond donors (Lipinski definition) is 0. The van der Waals surface area contributed by atoms with Gasteiger partial charge in [0.1, 0.15) is 22.3 Å². The van der Waals surface area contributed by atoms with Gasteiger partial charge in [0.05, 0.1) is 5.02 Å². The zero-order valence-electron chi connectivity index (χ0n) is 10.3. The summed E-state index contributed by atoms with van der Waals surface area (Å²) in [6, 6.07) is 9.78. The third-order valence-electron chi connectivity index (χ3n) is 2.62. The van der Waals surface area contributed by atoms with Gasteiger partial charge in [-0.15, -0.1) is 0 Å². The Morgan fingerprint density at radius 1 is 0.952 bits per heavy atom. The van der Waals surface area contributed by atoms with Crippen molar-refractivity contribution in [1.29, 1.82) is 0 Å². The van der Waals surface area contributed by atoms with Gasteiger partial charge in [-0.25, -0.2) is 8.42 Å². The fourth-order valence-electron chi connectivity index (χ4n) is 1.58. The third-order valence-corrected chi connectivity index (χ3v) is 5.32. The highest BCUT2D eigenvalue weighted by Gasteiger charge is 2.20. The second-order valence-corrected chi connectivity index (χ2v) is 7.71. The highest BCUT2D eigenvalue weighted by Crippen LogP contribution is 2.38. The summed E-state index contributed by atoms with van der Waals surface area (Å²) in [6.07, 6.45) is 0. The smallest absolute Gasteiger partial charge is 0.262 e. The largest absolute Gasteiger partial charge is 0.487 e. The van der Waals surface area contributed by atoms with E-state index in [2.05, 4.69) is 0 Å². The van der Waals surface area contributed by atoms with E-state index in [1.807, 2.05) is 6.07 Å². The van der Waals surface area contributed by atoms with Crippen LogP contribution in [-0.4, -0.2) is 8.42 Å². The van der Waals surface area contributed by atoms with Crippen molar-refractivity contribution in [3.8, 4) is 5.75 Å². The minimum absolute atomic E-state index is 0.0227. The van der Waals surface area contributed by atoms with Crippen LogP contribution in [0.1, 0.15) is 5.56 Å². The van der Waals surface area contributed by atoms with Crippen LogP contribution in [0.4, 0.5) is 0 Å². The maximum atomic E-state index is 11.3. The molecule has 0 aliphatic carbocycles. The first kappa shape index (κ1) is 16.7. The Balaban J connectivity index is 2.27. The Kier molecular flexibility index (Phi) is 5.28. The van der Waals surface area contributed by atoms with E-state index in [4.69, 9.17) is 50.2 Å². The fraction of sp³-hybridized carbons (Fsp3) is 0.0769. The van der Waals surface area contributed by atoms with Crippen molar-refractivity contribution >= 4 is 54.5 Å². The number of halogens is 4. The topological polar surface area (TPSA) is 43.4 Å². The molecule has 2 aromatic carbocycles. The van der Waals surface area contributed by atoms with Gasteiger partial charge in [0.2, 0.25) is 0 Å². The van der Waals surface area contributed by atoms with Gasteiger partial charge in [-0.05, 0) is 18.2 Å². The summed E-state index contributed by atoms with van der Waals surface area (Å²) in [6.45, 7) is 0.169. The lowest BCUT2D eigenvalue weighted by Crippen LogP contribution is -1.99. The molecule has 0 radical (unpaired) electrons. The van der Waals surface area contributed by atoms with Gasteiger partial charge >= 0.3 is 0 Å². The molecule has 0 amide bonds. The van der Waals surface area contributed by atoms with Crippen molar-refractivity contribution in [3.05, 3.63) is 57.0 Å². The Labute approximate surface area is 141 Å². The van der Waals surface area contributed by atoms with Crippen LogP contribution >= 0.6 is 45.5 Å². The molecule has 112 valence electrons. The van der Waals surface area contributed by atoms with E-state index in [1.54, 1.807) is 18.2 Å². The summed E-state index contributed by atoms with van der Waals surface area (Å²) < 4.78 is 28.1. The summed E-state index contributed by atoms with van der Waals surface area (Å²) in [5.74, 6) is 0.241. The van der Waals surface area contributed by atoms with Gasteiger partial charge in [-0.1, -0.05) is 53.0 Å². The molecule has 0 saturated heterocycles. The predicted octanol–water partition coefficient (Wildman–Crippen LogP) is 5.15. The average Bonchev–Trinajstić information content (AvgIpc) is 2.40. The molecule has 0 fully saturated rings. The second-order valence-electron chi connectivity index (χ2n) is 4.01. The third kappa shape index (κ3) is 3.96. The number of hydrogen-bond acceptors (Lipinski definition) is 3. The van der Waals surface area contributed by atoms with Crippen molar-refractivity contribution in [1.82, 2.24) is 0 Å². The highest BCUT2D eigenvalue weighted by atomic mass is 35.7. The zero-order valence-corrected chi connectivity index (χ0v) is 14.2. The molecule has 8 heteroatoms. The van der Waals surface area contributed by atoms with E-state index < -0.39 is 9.05 Å². The molecular weight excluding hydrogens is 378 g/mol. The SMILES string of the molecule is O=S(=O)(Cl)c1ccc(OCc2ccccc2Cl)c(Cl)c1Cl. The van der Waals surface area contributed by atoms with E-state index in [-0.39, 0.29) is 27.3 Å². The summed E-state index contributed by atoms with van der Waals surface area (Å²) >= 11 is 17.9. The molecule has 2 aromatic rings. The van der Waals surface area contributed by atoms with E-state index in [9.17, 15) is 8.42 Å². The van der Waals surface area contributed by atoms with Crippen LogP contribution in [0.2, 0.25) is 15.1 Å². The Hall–Kier alpha value is -0.650. The molecule has 0 N–H and O–H groups in total. The van der Waals surface area contributed by atoms with Gasteiger partial charge < -0.3 is 4.74 Å². The van der Waals surface area contributed by atoms with Gasteiger partial charge in [0.15, 0.2) is 0 Å². The molecular formula is C13H8Cl4O3S. The normalized spacial score (nSPS) is 11.4. The molecule has 0 unspecified atom stereocenters. The second kappa shape index (κ2) is 6.63.